The maximum Gasteiger partial charge on any atom is 0.282 e. The van der Waals surface area contributed by atoms with Gasteiger partial charge in [-0.05, 0) is 19.3 Å². The summed E-state index contributed by atoms with van der Waals surface area (Å²) in [5, 5.41) is 0. The van der Waals surface area contributed by atoms with Crippen LogP contribution < -0.4 is 5.73 Å². The highest BCUT2D eigenvalue weighted by molar-refractivity contribution is 5.73. The molecule has 2 rings (SSSR count). The summed E-state index contributed by atoms with van der Waals surface area (Å²) in [5.74, 6) is 0.720. The first-order chi connectivity index (χ1) is 5.27. The van der Waals surface area contributed by atoms with Crippen molar-refractivity contribution in [2.45, 2.75) is 31.8 Å². The van der Waals surface area contributed by atoms with Crippen LogP contribution >= 0.6 is 0 Å². The van der Waals surface area contributed by atoms with Crippen LogP contribution in [-0.2, 0) is 4.74 Å². The highest BCUT2D eigenvalue weighted by atomic mass is 16.5. The van der Waals surface area contributed by atoms with Crippen LogP contribution in [0, 0.1) is 5.92 Å². The summed E-state index contributed by atoms with van der Waals surface area (Å²) >= 11 is 0. The molecule has 0 saturated heterocycles. The Labute approximate surface area is 66.6 Å². The monoisotopic (exact) mass is 154 g/mol. The Hall–Kier alpha value is -0.730. The van der Waals surface area contributed by atoms with Gasteiger partial charge in [-0.2, -0.15) is 0 Å². The largest absolute Gasteiger partial charge is 0.457 e. The molecule has 1 aliphatic heterocycles. The van der Waals surface area contributed by atoms with E-state index in [1.807, 2.05) is 0 Å². The molecule has 11 heavy (non-hydrogen) atoms. The lowest BCUT2D eigenvalue weighted by Crippen LogP contribution is -2.36. The van der Waals surface area contributed by atoms with Gasteiger partial charge in [0, 0.05) is 5.92 Å². The SMILES string of the molecule is CCC1(C2CC2)CN=C(N)O1. The van der Waals surface area contributed by atoms with Gasteiger partial charge in [0.15, 0.2) is 0 Å². The molecule has 62 valence electrons. The van der Waals surface area contributed by atoms with Crippen molar-refractivity contribution in [1.29, 1.82) is 0 Å². The molecule has 0 aromatic heterocycles. The van der Waals surface area contributed by atoms with Crippen molar-refractivity contribution in [3.8, 4) is 0 Å². The smallest absolute Gasteiger partial charge is 0.282 e. The first-order valence-corrected chi connectivity index (χ1v) is 4.26. The maximum absolute atomic E-state index is 5.55. The van der Waals surface area contributed by atoms with E-state index in [2.05, 4.69) is 11.9 Å². The molecule has 0 aromatic rings. The summed E-state index contributed by atoms with van der Waals surface area (Å²) in [4.78, 5) is 4.09. The van der Waals surface area contributed by atoms with Gasteiger partial charge in [-0.15, -0.1) is 0 Å². The zero-order valence-corrected chi connectivity index (χ0v) is 6.84. The van der Waals surface area contributed by atoms with Gasteiger partial charge in [0.1, 0.15) is 5.60 Å². The molecule has 3 nitrogen and oxygen atoms in total. The van der Waals surface area contributed by atoms with E-state index in [4.69, 9.17) is 10.5 Å². The molecule has 1 unspecified atom stereocenters. The first kappa shape index (κ1) is 6.95. The van der Waals surface area contributed by atoms with E-state index in [1.54, 1.807) is 0 Å². The van der Waals surface area contributed by atoms with E-state index < -0.39 is 0 Å². The van der Waals surface area contributed by atoms with Gasteiger partial charge < -0.3 is 10.5 Å². The standard InChI is InChI=1S/C8H14N2O/c1-2-8(6-3-4-6)5-10-7(9)11-8/h6H,2-5H2,1H3,(H2,9,10). The average molecular weight is 154 g/mol. The van der Waals surface area contributed by atoms with E-state index >= 15 is 0 Å². The Balaban J connectivity index is 2.08. The van der Waals surface area contributed by atoms with Crippen molar-refractivity contribution < 1.29 is 4.74 Å². The van der Waals surface area contributed by atoms with E-state index in [9.17, 15) is 0 Å². The zero-order chi connectivity index (χ0) is 7.90. The fraction of sp³-hybridized carbons (Fsp3) is 0.875. The molecule has 0 spiro atoms. The Morgan fingerprint density at radius 2 is 2.45 bits per heavy atom. The van der Waals surface area contributed by atoms with Gasteiger partial charge >= 0.3 is 0 Å². The van der Waals surface area contributed by atoms with Gasteiger partial charge in [-0.3, -0.25) is 0 Å². The molecule has 0 bridgehead atoms. The molecule has 3 heteroatoms. The first-order valence-electron chi connectivity index (χ1n) is 4.26. The lowest BCUT2D eigenvalue weighted by molar-refractivity contribution is 0.0574. The Bertz CT molecular complexity index is 198. The molecule has 1 heterocycles. The van der Waals surface area contributed by atoms with Crippen LogP contribution in [0.1, 0.15) is 26.2 Å². The predicted octanol–water partition coefficient (Wildman–Crippen LogP) is 0.890. The van der Waals surface area contributed by atoms with Gasteiger partial charge in [0.05, 0.1) is 6.54 Å². The van der Waals surface area contributed by atoms with E-state index in [0.29, 0.717) is 6.02 Å². The van der Waals surface area contributed by atoms with Crippen LogP contribution in [0.15, 0.2) is 4.99 Å². The topological polar surface area (TPSA) is 47.6 Å². The quantitative estimate of drug-likeness (QED) is 0.642. The number of amidine groups is 1. The van der Waals surface area contributed by atoms with Gasteiger partial charge in [0.25, 0.3) is 6.02 Å². The van der Waals surface area contributed by atoms with Crippen LogP contribution in [-0.4, -0.2) is 18.2 Å². The number of hydrogen-bond donors (Lipinski definition) is 1. The van der Waals surface area contributed by atoms with E-state index in [0.717, 1.165) is 18.9 Å². The molecular formula is C8H14N2O. The van der Waals surface area contributed by atoms with Gasteiger partial charge in [0.2, 0.25) is 0 Å². The van der Waals surface area contributed by atoms with Crippen LogP contribution in [0.4, 0.5) is 0 Å². The molecule has 2 aliphatic rings. The number of nitrogens with zero attached hydrogens (tertiary/aromatic N) is 1. The minimum atomic E-state index is -0.00984. The van der Waals surface area contributed by atoms with Crippen LogP contribution in [0.25, 0.3) is 0 Å². The van der Waals surface area contributed by atoms with E-state index in [1.165, 1.54) is 12.8 Å². The number of ether oxygens (including phenoxy) is 1. The van der Waals surface area contributed by atoms with Crippen molar-refractivity contribution in [3.63, 3.8) is 0 Å². The highest BCUT2D eigenvalue weighted by Crippen LogP contribution is 2.45. The summed E-state index contributed by atoms with van der Waals surface area (Å²) < 4.78 is 5.55. The fourth-order valence-electron chi connectivity index (χ4n) is 1.78. The summed E-state index contributed by atoms with van der Waals surface area (Å²) in [6.45, 7) is 2.92. The molecule has 2 N–H and O–H groups in total. The predicted molar refractivity (Wildman–Crippen MR) is 43.3 cm³/mol. The second kappa shape index (κ2) is 2.13. The maximum atomic E-state index is 5.55. The molecule has 1 fully saturated rings. The number of hydrogen-bond acceptors (Lipinski definition) is 3. The Morgan fingerprint density at radius 1 is 1.73 bits per heavy atom. The number of aliphatic imine (C=N–C) groups is 1. The second-order valence-electron chi connectivity index (χ2n) is 3.45. The van der Waals surface area contributed by atoms with Crippen molar-refractivity contribution in [1.82, 2.24) is 0 Å². The molecular weight excluding hydrogens is 140 g/mol. The van der Waals surface area contributed by atoms with E-state index in [-0.39, 0.29) is 5.60 Å². The lowest BCUT2D eigenvalue weighted by Gasteiger charge is -2.25. The summed E-state index contributed by atoms with van der Waals surface area (Å²) in [7, 11) is 0. The van der Waals surface area contributed by atoms with Gasteiger partial charge in [-0.1, -0.05) is 6.92 Å². The van der Waals surface area contributed by atoms with Crippen molar-refractivity contribution in [2.75, 3.05) is 6.54 Å². The van der Waals surface area contributed by atoms with Crippen LogP contribution in [0.3, 0.4) is 0 Å². The van der Waals surface area contributed by atoms with Gasteiger partial charge in [-0.25, -0.2) is 4.99 Å². The Morgan fingerprint density at radius 3 is 2.82 bits per heavy atom. The summed E-state index contributed by atoms with van der Waals surface area (Å²) in [6.07, 6.45) is 3.61. The van der Waals surface area contributed by atoms with Crippen molar-refractivity contribution >= 4 is 6.02 Å². The zero-order valence-electron chi connectivity index (χ0n) is 6.84. The van der Waals surface area contributed by atoms with Crippen LogP contribution in [0.5, 0.6) is 0 Å². The number of nitrogens with two attached hydrogens (primary N) is 1. The third-order valence-electron chi connectivity index (χ3n) is 2.73. The van der Waals surface area contributed by atoms with Crippen molar-refractivity contribution in [3.05, 3.63) is 0 Å². The fourth-order valence-corrected chi connectivity index (χ4v) is 1.78. The highest BCUT2D eigenvalue weighted by Gasteiger charge is 2.48. The average Bonchev–Trinajstić information content (AvgIpc) is 2.77. The number of rotatable bonds is 2. The minimum absolute atomic E-state index is 0.00984. The summed E-state index contributed by atoms with van der Waals surface area (Å²) in [5.41, 5.74) is 5.47. The summed E-state index contributed by atoms with van der Waals surface area (Å²) in [6, 6.07) is 0.388. The minimum Gasteiger partial charge on any atom is -0.457 e. The second-order valence-corrected chi connectivity index (χ2v) is 3.45. The lowest BCUT2D eigenvalue weighted by atomic mass is 9.95. The van der Waals surface area contributed by atoms with Crippen molar-refractivity contribution in [2.24, 2.45) is 16.6 Å². The molecule has 1 saturated carbocycles. The Kier molecular flexibility index (Phi) is 1.34. The molecule has 0 radical (unpaired) electrons. The third-order valence-corrected chi connectivity index (χ3v) is 2.73. The molecule has 0 amide bonds. The molecule has 1 aliphatic carbocycles. The molecule has 1 atom stereocenters. The normalized spacial score (nSPS) is 36.6. The van der Waals surface area contributed by atoms with Crippen LogP contribution in [0.2, 0.25) is 0 Å². The molecule has 0 aromatic carbocycles. The third kappa shape index (κ3) is 0.988.